The minimum Gasteiger partial charge on any atom is -0.347 e. The highest BCUT2D eigenvalue weighted by Crippen LogP contribution is 2.37. The van der Waals surface area contributed by atoms with Crippen LogP contribution in [0.15, 0.2) is 30.6 Å². The molecule has 5 rings (SSSR count). The van der Waals surface area contributed by atoms with Gasteiger partial charge in [-0.3, -0.25) is 5.10 Å². The molecule has 180 valence electrons. The van der Waals surface area contributed by atoms with Gasteiger partial charge >= 0.3 is 0 Å². The number of fused-ring (bicyclic) bond motifs is 1. The van der Waals surface area contributed by atoms with Crippen molar-refractivity contribution < 1.29 is 0 Å². The monoisotopic (exact) mass is 477 g/mol. The maximum atomic E-state index is 5.05. The number of hydrogen-bond donors (Lipinski definition) is 2. The summed E-state index contributed by atoms with van der Waals surface area (Å²) in [6.45, 7) is 13.5. The van der Waals surface area contributed by atoms with E-state index in [4.69, 9.17) is 10.1 Å². The number of H-pyrrole nitrogens is 1. The van der Waals surface area contributed by atoms with Crippen LogP contribution in [0.2, 0.25) is 0 Å². The van der Waals surface area contributed by atoms with Gasteiger partial charge in [0.25, 0.3) is 0 Å². The number of aryl methyl sites for hydroxylation is 2. The molecule has 0 bridgehead atoms. The van der Waals surface area contributed by atoms with E-state index >= 15 is 0 Å². The first-order valence-corrected chi connectivity index (χ1v) is 12.9. The Hall–Kier alpha value is -2.71. The Morgan fingerprint density at radius 2 is 1.88 bits per heavy atom. The lowest BCUT2D eigenvalue weighted by Crippen LogP contribution is -2.61. The lowest BCUT2D eigenvalue weighted by molar-refractivity contribution is 0.161. The summed E-state index contributed by atoms with van der Waals surface area (Å²) >= 11 is 1.68. The number of imidazole rings is 1. The van der Waals surface area contributed by atoms with Crippen molar-refractivity contribution >= 4 is 21.4 Å². The minimum atomic E-state index is 0.0976. The minimum absolute atomic E-state index is 0.0976. The molecule has 4 heterocycles. The first kappa shape index (κ1) is 23.1. The van der Waals surface area contributed by atoms with E-state index in [1.165, 1.54) is 16.7 Å². The second-order valence-electron chi connectivity index (χ2n) is 10.9. The maximum absolute atomic E-state index is 5.05. The Morgan fingerprint density at radius 1 is 1.15 bits per heavy atom. The van der Waals surface area contributed by atoms with Crippen LogP contribution >= 0.6 is 11.3 Å². The molecule has 1 aliphatic rings. The van der Waals surface area contributed by atoms with Gasteiger partial charge in [0, 0.05) is 41.5 Å². The molecule has 34 heavy (non-hydrogen) atoms. The van der Waals surface area contributed by atoms with Gasteiger partial charge in [-0.05, 0) is 65.0 Å². The fraction of sp³-hybridized carbons (Fsp3) is 0.500. The predicted octanol–water partition coefficient (Wildman–Crippen LogP) is 5.46. The molecule has 4 aromatic rings. The smallest absolute Gasteiger partial charge is 0.214 e. The number of nitrogens with zero attached hydrogens (tertiary/aromatic N) is 5. The Labute approximate surface area is 205 Å². The molecule has 1 saturated heterocycles. The van der Waals surface area contributed by atoms with E-state index in [0.29, 0.717) is 6.04 Å². The summed E-state index contributed by atoms with van der Waals surface area (Å²) in [5.41, 5.74) is 7.03. The third kappa shape index (κ3) is 4.14. The molecule has 3 aromatic heterocycles. The average Bonchev–Trinajstić information content (AvgIpc) is 3.49. The van der Waals surface area contributed by atoms with Crippen LogP contribution in [-0.4, -0.2) is 49.0 Å². The lowest BCUT2D eigenvalue weighted by Gasteiger charge is -2.48. The normalized spacial score (nSPS) is 18.0. The van der Waals surface area contributed by atoms with Crippen LogP contribution in [0, 0.1) is 6.92 Å². The van der Waals surface area contributed by atoms with E-state index in [1.54, 1.807) is 11.3 Å². The van der Waals surface area contributed by atoms with Gasteiger partial charge in [0.15, 0.2) is 0 Å². The van der Waals surface area contributed by atoms with E-state index in [0.717, 1.165) is 46.3 Å². The molecule has 0 unspecified atom stereocenters. The van der Waals surface area contributed by atoms with Crippen LogP contribution in [0.1, 0.15) is 58.7 Å². The third-order valence-electron chi connectivity index (χ3n) is 7.01. The number of benzene rings is 1. The molecule has 0 spiro atoms. The molecule has 0 radical (unpaired) electrons. The summed E-state index contributed by atoms with van der Waals surface area (Å²) in [6, 6.07) is 7.02. The topological polar surface area (TPSA) is 74.1 Å². The number of rotatable bonds is 5. The number of piperidine rings is 1. The Balaban J connectivity index is 1.47. The molecule has 1 aromatic carbocycles. The summed E-state index contributed by atoms with van der Waals surface area (Å²) in [7, 11) is 2.18. The van der Waals surface area contributed by atoms with Crippen molar-refractivity contribution in [2.75, 3.05) is 11.9 Å². The number of hydrogen-bond acceptors (Lipinski definition) is 6. The molecule has 0 amide bonds. The van der Waals surface area contributed by atoms with Crippen molar-refractivity contribution in [1.82, 2.24) is 30.1 Å². The first-order chi connectivity index (χ1) is 16.1. The molecular formula is C26H35N7S. The second-order valence-corrected chi connectivity index (χ2v) is 11.8. The van der Waals surface area contributed by atoms with E-state index < -0.39 is 0 Å². The van der Waals surface area contributed by atoms with E-state index in [1.807, 2.05) is 16.9 Å². The summed E-state index contributed by atoms with van der Waals surface area (Å²) in [4.78, 5) is 8.36. The number of aromatic nitrogens is 5. The van der Waals surface area contributed by atoms with Crippen LogP contribution in [0.3, 0.4) is 0 Å². The van der Waals surface area contributed by atoms with Crippen molar-refractivity contribution in [1.29, 1.82) is 0 Å². The highest BCUT2D eigenvalue weighted by molar-refractivity contribution is 7.20. The summed E-state index contributed by atoms with van der Waals surface area (Å²) in [6.07, 6.45) is 6.90. The van der Waals surface area contributed by atoms with Crippen LogP contribution in [0.25, 0.3) is 27.3 Å². The Kier molecular flexibility index (Phi) is 5.56. The van der Waals surface area contributed by atoms with Gasteiger partial charge in [0.05, 0.1) is 17.6 Å². The van der Waals surface area contributed by atoms with Crippen molar-refractivity contribution in [3.05, 3.63) is 41.9 Å². The molecule has 8 heteroatoms. The van der Waals surface area contributed by atoms with Gasteiger partial charge in [-0.25, -0.2) is 9.50 Å². The lowest BCUT2D eigenvalue weighted by atomic mass is 9.79. The molecule has 7 nitrogen and oxygen atoms in total. The largest absolute Gasteiger partial charge is 0.347 e. The van der Waals surface area contributed by atoms with Crippen molar-refractivity contribution in [2.45, 2.75) is 77.9 Å². The predicted molar refractivity (Wildman–Crippen MR) is 141 cm³/mol. The second kappa shape index (κ2) is 8.20. The van der Waals surface area contributed by atoms with Crippen LogP contribution < -0.4 is 10.2 Å². The molecule has 0 aliphatic carbocycles. The van der Waals surface area contributed by atoms with E-state index in [-0.39, 0.29) is 11.1 Å². The fourth-order valence-electron chi connectivity index (χ4n) is 5.64. The van der Waals surface area contributed by atoms with Gasteiger partial charge in [-0.1, -0.05) is 36.5 Å². The van der Waals surface area contributed by atoms with Crippen molar-refractivity contribution in [2.24, 2.45) is 0 Å². The Morgan fingerprint density at radius 3 is 2.50 bits per heavy atom. The highest BCUT2D eigenvalue weighted by Gasteiger charge is 2.40. The van der Waals surface area contributed by atoms with Crippen LogP contribution in [0.4, 0.5) is 5.13 Å². The fourth-order valence-corrected chi connectivity index (χ4v) is 6.62. The van der Waals surface area contributed by atoms with Crippen LogP contribution in [0.5, 0.6) is 0 Å². The molecular weight excluding hydrogens is 442 g/mol. The molecule has 1 aliphatic heterocycles. The van der Waals surface area contributed by atoms with Gasteiger partial charge in [0.2, 0.25) is 10.1 Å². The van der Waals surface area contributed by atoms with Crippen molar-refractivity contribution in [3.8, 4) is 22.4 Å². The van der Waals surface area contributed by atoms with E-state index in [9.17, 15) is 0 Å². The number of nitrogens with one attached hydrogen (secondary N) is 2. The third-order valence-corrected chi connectivity index (χ3v) is 8.01. The number of aromatic amines is 1. The maximum Gasteiger partial charge on any atom is 0.214 e. The molecule has 1 fully saturated rings. The standard InChI is InChI=1S/C26H35N7S/c1-8-17-11-18(19-14-27-28-15-19)9-10-21(17)22-16(2)33-23(29-22)34-24(30-33)32(7)20-12-25(3,4)31-26(5,6)13-20/h9-11,14-15,20,31H,8,12-13H2,1-7H3,(H,27,28). The highest BCUT2D eigenvalue weighted by atomic mass is 32.1. The van der Waals surface area contributed by atoms with Gasteiger partial charge in [0.1, 0.15) is 0 Å². The zero-order valence-corrected chi connectivity index (χ0v) is 22.0. The molecule has 0 atom stereocenters. The molecule has 2 N–H and O–H groups in total. The van der Waals surface area contributed by atoms with E-state index in [2.05, 4.69) is 87.2 Å². The van der Waals surface area contributed by atoms with Crippen molar-refractivity contribution in [3.63, 3.8) is 0 Å². The Bertz CT molecular complexity index is 1300. The zero-order valence-electron chi connectivity index (χ0n) is 21.2. The quantitative estimate of drug-likeness (QED) is 0.399. The summed E-state index contributed by atoms with van der Waals surface area (Å²) < 4.78 is 2.02. The van der Waals surface area contributed by atoms with Gasteiger partial charge < -0.3 is 10.2 Å². The van der Waals surface area contributed by atoms with Gasteiger partial charge in [-0.15, -0.1) is 5.10 Å². The zero-order chi connectivity index (χ0) is 24.3. The summed E-state index contributed by atoms with van der Waals surface area (Å²) in [5, 5.41) is 16.8. The molecule has 0 saturated carbocycles. The summed E-state index contributed by atoms with van der Waals surface area (Å²) in [5.74, 6) is 0. The number of anilines is 1. The van der Waals surface area contributed by atoms with Crippen LogP contribution in [-0.2, 0) is 6.42 Å². The van der Waals surface area contributed by atoms with Gasteiger partial charge in [-0.2, -0.15) is 5.10 Å². The average molecular weight is 478 g/mol. The first-order valence-electron chi connectivity index (χ1n) is 12.1. The SMILES string of the molecule is CCc1cc(-c2cn[nH]c2)ccc1-c1nc2sc(N(C)C3CC(C)(C)NC(C)(C)C3)nn2c1C.